The lowest BCUT2D eigenvalue weighted by atomic mass is 10.0. The Hall–Kier alpha value is -3.15. The Morgan fingerprint density at radius 1 is 0.276 bits per heavy atom. The van der Waals surface area contributed by atoms with Gasteiger partial charge in [0.1, 0.15) is 13.2 Å². The molecule has 1 atom stereocenters. The highest BCUT2D eigenvalue weighted by Crippen LogP contribution is 2.18. The van der Waals surface area contributed by atoms with Crippen molar-refractivity contribution in [1.29, 1.82) is 0 Å². The Kier molecular flexibility index (Phi) is 61.7. The van der Waals surface area contributed by atoms with Crippen molar-refractivity contribution in [2.45, 2.75) is 341 Å². The van der Waals surface area contributed by atoms with Crippen LogP contribution in [0.3, 0.4) is 0 Å². The zero-order valence-electron chi connectivity index (χ0n) is 50.5. The molecular formula is C70H124O6. The molecule has 0 saturated heterocycles. The van der Waals surface area contributed by atoms with Gasteiger partial charge in [-0.25, -0.2) is 0 Å². The third-order valence-electron chi connectivity index (χ3n) is 14.5. The first-order chi connectivity index (χ1) is 37.5. The third kappa shape index (κ3) is 61.7. The summed E-state index contributed by atoms with van der Waals surface area (Å²) >= 11 is 0. The number of ether oxygens (including phenoxy) is 3. The second-order valence-corrected chi connectivity index (χ2v) is 22.0. The van der Waals surface area contributed by atoms with Gasteiger partial charge in [0.25, 0.3) is 0 Å². The predicted molar refractivity (Wildman–Crippen MR) is 330 cm³/mol. The van der Waals surface area contributed by atoms with E-state index < -0.39 is 6.10 Å². The molecule has 6 heteroatoms. The number of esters is 3. The van der Waals surface area contributed by atoms with E-state index in [9.17, 15) is 14.4 Å². The van der Waals surface area contributed by atoms with Crippen LogP contribution >= 0.6 is 0 Å². The molecule has 0 aromatic heterocycles. The van der Waals surface area contributed by atoms with E-state index in [1.807, 2.05) is 0 Å². The van der Waals surface area contributed by atoms with Crippen LogP contribution in [0.15, 0.2) is 72.9 Å². The maximum absolute atomic E-state index is 12.9. The maximum atomic E-state index is 12.9. The number of allylic oxidation sites excluding steroid dienone is 12. The van der Waals surface area contributed by atoms with Crippen LogP contribution in [0.25, 0.3) is 0 Å². The monoisotopic (exact) mass is 1060 g/mol. The Morgan fingerprint density at radius 3 is 0.803 bits per heavy atom. The number of rotatable bonds is 60. The summed E-state index contributed by atoms with van der Waals surface area (Å²) < 4.78 is 16.8. The summed E-state index contributed by atoms with van der Waals surface area (Å²) in [7, 11) is 0. The summed E-state index contributed by atoms with van der Waals surface area (Å²) in [6.07, 6.45) is 83.7. The lowest BCUT2D eigenvalue weighted by Gasteiger charge is -2.18. The fourth-order valence-corrected chi connectivity index (χ4v) is 9.57. The molecule has 1 unspecified atom stereocenters. The fraction of sp³-hybridized carbons (Fsp3) is 0.786. The molecule has 0 rings (SSSR count). The molecule has 76 heavy (non-hydrogen) atoms. The highest BCUT2D eigenvalue weighted by atomic mass is 16.6. The molecule has 0 saturated carbocycles. The van der Waals surface area contributed by atoms with Crippen molar-refractivity contribution < 1.29 is 28.6 Å². The van der Waals surface area contributed by atoms with Gasteiger partial charge in [-0.2, -0.15) is 0 Å². The van der Waals surface area contributed by atoms with Gasteiger partial charge in [-0.1, -0.05) is 318 Å². The Bertz CT molecular complexity index is 1400. The predicted octanol–water partition coefficient (Wildman–Crippen LogP) is 22.5. The van der Waals surface area contributed by atoms with Crippen molar-refractivity contribution in [3.8, 4) is 0 Å². The van der Waals surface area contributed by atoms with E-state index in [4.69, 9.17) is 14.2 Å². The SMILES string of the molecule is CC/C=C\C/C=C\C/C=C\C/C=C\C/C=C\C/C=C\CCCCC(=O)OC(COC(=O)CCCCCCCCCCC)COC(=O)CCCCCCCCCCCCCCCCCCCCCCCCCCCCCC. The number of hydrogen-bond donors (Lipinski definition) is 0. The molecule has 0 amide bonds. The van der Waals surface area contributed by atoms with Crippen LogP contribution in [-0.4, -0.2) is 37.2 Å². The first kappa shape index (κ1) is 72.8. The van der Waals surface area contributed by atoms with E-state index in [2.05, 4.69) is 93.7 Å². The van der Waals surface area contributed by atoms with E-state index in [0.717, 1.165) is 89.9 Å². The van der Waals surface area contributed by atoms with E-state index >= 15 is 0 Å². The van der Waals surface area contributed by atoms with E-state index in [0.29, 0.717) is 19.3 Å². The van der Waals surface area contributed by atoms with Gasteiger partial charge >= 0.3 is 17.9 Å². The molecule has 6 nitrogen and oxygen atoms in total. The summed E-state index contributed by atoms with van der Waals surface area (Å²) in [6, 6.07) is 0. The summed E-state index contributed by atoms with van der Waals surface area (Å²) in [6.45, 7) is 6.51. The van der Waals surface area contributed by atoms with Crippen molar-refractivity contribution in [3.63, 3.8) is 0 Å². The first-order valence-corrected chi connectivity index (χ1v) is 32.9. The number of unbranched alkanes of at least 4 members (excludes halogenated alkanes) is 37. The molecule has 0 aliphatic rings. The molecule has 0 aliphatic carbocycles. The van der Waals surface area contributed by atoms with E-state index in [-0.39, 0.29) is 37.5 Å². The molecule has 0 N–H and O–H groups in total. The topological polar surface area (TPSA) is 78.9 Å². The minimum absolute atomic E-state index is 0.0893. The van der Waals surface area contributed by atoms with Gasteiger partial charge in [0.2, 0.25) is 0 Å². The Balaban J connectivity index is 4.19. The van der Waals surface area contributed by atoms with Gasteiger partial charge in [0.15, 0.2) is 6.10 Å². The highest BCUT2D eigenvalue weighted by Gasteiger charge is 2.19. The minimum Gasteiger partial charge on any atom is -0.462 e. The molecular weight excluding hydrogens is 937 g/mol. The molecule has 0 bridgehead atoms. The molecule has 0 spiro atoms. The number of carbonyl (C=O) groups is 3. The van der Waals surface area contributed by atoms with Crippen LogP contribution in [0.2, 0.25) is 0 Å². The van der Waals surface area contributed by atoms with Gasteiger partial charge in [-0.3, -0.25) is 14.4 Å². The Labute approximate surface area is 472 Å². The average molecular weight is 1060 g/mol. The van der Waals surface area contributed by atoms with Gasteiger partial charge < -0.3 is 14.2 Å². The lowest BCUT2D eigenvalue weighted by molar-refractivity contribution is -0.167. The van der Waals surface area contributed by atoms with Crippen molar-refractivity contribution in [2.24, 2.45) is 0 Å². The van der Waals surface area contributed by atoms with Crippen molar-refractivity contribution in [3.05, 3.63) is 72.9 Å². The van der Waals surface area contributed by atoms with Crippen molar-refractivity contribution in [1.82, 2.24) is 0 Å². The zero-order chi connectivity index (χ0) is 55.0. The summed E-state index contributed by atoms with van der Waals surface area (Å²) in [5.74, 6) is -0.921. The summed E-state index contributed by atoms with van der Waals surface area (Å²) in [5.41, 5.74) is 0. The molecule has 0 fully saturated rings. The molecule has 0 aromatic carbocycles. The van der Waals surface area contributed by atoms with Gasteiger partial charge in [0.05, 0.1) is 0 Å². The smallest absolute Gasteiger partial charge is 0.306 e. The Morgan fingerprint density at radius 2 is 0.513 bits per heavy atom. The normalized spacial score (nSPS) is 12.5. The average Bonchev–Trinajstić information content (AvgIpc) is 3.42. The standard InChI is InChI=1S/C70H124O6/c1-4-7-10-13-16-19-21-23-25-27-29-31-32-33-34-35-36-37-39-40-42-44-46-48-51-54-57-60-63-69(72)75-66-67(65-74-68(71)62-59-56-53-50-18-15-12-9-6-3)76-70(73)64-61-58-55-52-49-47-45-43-41-38-30-28-26-24-22-20-17-14-11-8-5-2/h8,11,17,20,24,26,30,38,43,45,49,52,67H,4-7,9-10,12-16,18-19,21-23,25,27-29,31-37,39-42,44,46-48,50-51,53-66H2,1-3H3/b11-8-,20-17-,26-24-,38-30-,45-43-,52-49-. The number of carbonyl (C=O) groups excluding carboxylic acids is 3. The number of hydrogen-bond acceptors (Lipinski definition) is 6. The molecule has 0 aromatic rings. The van der Waals surface area contributed by atoms with Gasteiger partial charge in [-0.15, -0.1) is 0 Å². The van der Waals surface area contributed by atoms with Crippen LogP contribution in [0.1, 0.15) is 335 Å². The molecule has 440 valence electrons. The van der Waals surface area contributed by atoms with Gasteiger partial charge in [-0.05, 0) is 70.6 Å². The zero-order valence-corrected chi connectivity index (χ0v) is 50.5. The van der Waals surface area contributed by atoms with Crippen LogP contribution in [0.4, 0.5) is 0 Å². The van der Waals surface area contributed by atoms with Crippen molar-refractivity contribution in [2.75, 3.05) is 13.2 Å². The third-order valence-corrected chi connectivity index (χ3v) is 14.5. The van der Waals surface area contributed by atoms with E-state index in [1.165, 1.54) is 199 Å². The minimum atomic E-state index is -0.796. The maximum Gasteiger partial charge on any atom is 0.306 e. The summed E-state index contributed by atoms with van der Waals surface area (Å²) in [5, 5.41) is 0. The fourth-order valence-electron chi connectivity index (χ4n) is 9.57. The van der Waals surface area contributed by atoms with Crippen LogP contribution < -0.4 is 0 Å². The van der Waals surface area contributed by atoms with Crippen LogP contribution in [-0.2, 0) is 28.6 Å². The molecule has 0 heterocycles. The summed E-state index contributed by atoms with van der Waals surface area (Å²) in [4.78, 5) is 38.2. The molecule has 0 aliphatic heterocycles. The molecule has 0 radical (unpaired) electrons. The lowest BCUT2D eigenvalue weighted by Crippen LogP contribution is -2.30. The highest BCUT2D eigenvalue weighted by molar-refractivity contribution is 5.71. The second kappa shape index (κ2) is 64.4. The first-order valence-electron chi connectivity index (χ1n) is 32.9. The largest absolute Gasteiger partial charge is 0.462 e. The van der Waals surface area contributed by atoms with Crippen LogP contribution in [0.5, 0.6) is 0 Å². The quantitative estimate of drug-likeness (QED) is 0.0261. The second-order valence-electron chi connectivity index (χ2n) is 22.0. The van der Waals surface area contributed by atoms with Crippen LogP contribution in [0, 0.1) is 0 Å². The van der Waals surface area contributed by atoms with Gasteiger partial charge in [0, 0.05) is 19.3 Å². The van der Waals surface area contributed by atoms with E-state index in [1.54, 1.807) is 0 Å². The van der Waals surface area contributed by atoms with Crippen molar-refractivity contribution >= 4 is 17.9 Å².